The number of benzene rings is 1. The molecule has 0 aliphatic carbocycles. The zero-order chi connectivity index (χ0) is 11.5. The molecule has 1 heterocycles. The van der Waals surface area contributed by atoms with Gasteiger partial charge in [0.2, 0.25) is 0 Å². The van der Waals surface area contributed by atoms with Crippen LogP contribution in [0.4, 0.5) is 4.39 Å². The minimum Gasteiger partial charge on any atom is -0.348 e. The molecule has 1 aromatic carbocycles. The summed E-state index contributed by atoms with van der Waals surface area (Å²) in [6.45, 7) is 1.72. The van der Waals surface area contributed by atoms with Gasteiger partial charge in [-0.05, 0) is 47.1 Å². The summed E-state index contributed by atoms with van der Waals surface area (Å²) >= 11 is 3.18. The second kappa shape index (κ2) is 4.93. The Kier molecular flexibility index (Phi) is 3.56. The highest BCUT2D eigenvalue weighted by Gasteiger charge is 2.18. The molecule has 0 spiro atoms. The van der Waals surface area contributed by atoms with E-state index in [-0.39, 0.29) is 17.8 Å². The molecule has 3 nitrogen and oxygen atoms in total. The van der Waals surface area contributed by atoms with Crippen LogP contribution in [0.3, 0.4) is 0 Å². The van der Waals surface area contributed by atoms with Gasteiger partial charge in [-0.3, -0.25) is 4.79 Å². The second-order valence-corrected chi connectivity index (χ2v) is 4.64. The van der Waals surface area contributed by atoms with Crippen molar-refractivity contribution in [1.29, 1.82) is 0 Å². The van der Waals surface area contributed by atoms with Crippen molar-refractivity contribution in [2.45, 2.75) is 12.5 Å². The van der Waals surface area contributed by atoms with Crippen LogP contribution in [-0.2, 0) is 0 Å². The Balaban J connectivity index is 2.08. The van der Waals surface area contributed by atoms with E-state index in [1.165, 1.54) is 18.2 Å². The minimum atomic E-state index is -0.356. The third-order valence-electron chi connectivity index (χ3n) is 2.57. The van der Waals surface area contributed by atoms with E-state index < -0.39 is 0 Å². The molecule has 0 saturated carbocycles. The molecule has 2 N–H and O–H groups in total. The van der Waals surface area contributed by atoms with Gasteiger partial charge < -0.3 is 10.6 Å². The second-order valence-electron chi connectivity index (χ2n) is 3.79. The molecule has 5 heteroatoms. The highest BCUT2D eigenvalue weighted by molar-refractivity contribution is 9.10. The average Bonchev–Trinajstić information content (AvgIpc) is 2.70. The van der Waals surface area contributed by atoms with E-state index in [1.54, 1.807) is 0 Å². The molecule has 1 aliphatic heterocycles. The van der Waals surface area contributed by atoms with Crippen molar-refractivity contribution in [3.8, 4) is 0 Å². The van der Waals surface area contributed by atoms with Crippen LogP contribution >= 0.6 is 15.9 Å². The number of rotatable bonds is 2. The van der Waals surface area contributed by atoms with Crippen LogP contribution in [0.1, 0.15) is 16.8 Å². The highest BCUT2D eigenvalue weighted by Crippen LogP contribution is 2.18. The van der Waals surface area contributed by atoms with Gasteiger partial charge in [0.25, 0.3) is 5.91 Å². The van der Waals surface area contributed by atoms with Crippen molar-refractivity contribution in [2.75, 3.05) is 13.1 Å². The number of carbonyl (C=O) groups is 1. The fourth-order valence-corrected chi connectivity index (χ4v) is 2.25. The number of amides is 1. The lowest BCUT2D eigenvalue weighted by Gasteiger charge is -2.12. The Bertz CT molecular complexity index is 405. The Morgan fingerprint density at radius 2 is 2.38 bits per heavy atom. The highest BCUT2D eigenvalue weighted by atomic mass is 79.9. The molecule has 0 radical (unpaired) electrons. The smallest absolute Gasteiger partial charge is 0.252 e. The van der Waals surface area contributed by atoms with E-state index in [9.17, 15) is 9.18 Å². The Labute approximate surface area is 102 Å². The van der Waals surface area contributed by atoms with E-state index in [1.807, 2.05) is 0 Å². The molecule has 1 aliphatic rings. The summed E-state index contributed by atoms with van der Waals surface area (Å²) in [5, 5.41) is 6.07. The van der Waals surface area contributed by atoms with Gasteiger partial charge in [-0.2, -0.15) is 0 Å². The summed E-state index contributed by atoms with van der Waals surface area (Å²) in [5.41, 5.74) is 0.466. The lowest BCUT2D eigenvalue weighted by Crippen LogP contribution is -2.36. The normalized spacial score (nSPS) is 19.8. The van der Waals surface area contributed by atoms with Crippen molar-refractivity contribution < 1.29 is 9.18 Å². The Morgan fingerprint density at radius 1 is 1.56 bits per heavy atom. The monoisotopic (exact) mass is 286 g/mol. The maximum absolute atomic E-state index is 12.8. The van der Waals surface area contributed by atoms with Gasteiger partial charge >= 0.3 is 0 Å². The largest absolute Gasteiger partial charge is 0.348 e. The van der Waals surface area contributed by atoms with Gasteiger partial charge in [0, 0.05) is 17.1 Å². The van der Waals surface area contributed by atoms with Crippen LogP contribution in [0.2, 0.25) is 0 Å². The van der Waals surface area contributed by atoms with Crippen molar-refractivity contribution in [3.05, 3.63) is 34.1 Å². The maximum Gasteiger partial charge on any atom is 0.252 e. The average molecular weight is 287 g/mol. The molecule has 1 amide bonds. The molecular formula is C11H12BrFN2O. The predicted molar refractivity (Wildman–Crippen MR) is 62.8 cm³/mol. The molecule has 1 saturated heterocycles. The molecule has 1 fully saturated rings. The first-order valence-corrected chi connectivity index (χ1v) is 5.93. The maximum atomic E-state index is 12.8. The molecule has 2 rings (SSSR count). The number of halogens is 2. The van der Waals surface area contributed by atoms with E-state index in [4.69, 9.17) is 0 Å². The van der Waals surface area contributed by atoms with E-state index >= 15 is 0 Å². The first kappa shape index (κ1) is 11.5. The van der Waals surface area contributed by atoms with Crippen molar-refractivity contribution in [2.24, 2.45) is 0 Å². The predicted octanol–water partition coefficient (Wildman–Crippen LogP) is 1.68. The van der Waals surface area contributed by atoms with E-state index in [0.717, 1.165) is 19.5 Å². The first-order valence-electron chi connectivity index (χ1n) is 5.13. The molecular weight excluding hydrogens is 275 g/mol. The van der Waals surface area contributed by atoms with Crippen molar-refractivity contribution in [1.82, 2.24) is 10.6 Å². The zero-order valence-electron chi connectivity index (χ0n) is 8.59. The number of hydrogen-bond acceptors (Lipinski definition) is 2. The van der Waals surface area contributed by atoms with Crippen LogP contribution in [-0.4, -0.2) is 25.0 Å². The standard InChI is InChI=1S/C11H12BrFN2O/c12-10-5-7(13)1-2-9(10)11(16)15-8-3-4-14-6-8/h1-2,5,8,14H,3-4,6H2,(H,15,16)/t8-/m1/s1. The topological polar surface area (TPSA) is 41.1 Å². The van der Waals surface area contributed by atoms with Crippen LogP contribution in [0.25, 0.3) is 0 Å². The number of carbonyl (C=O) groups excluding carboxylic acids is 1. The number of hydrogen-bond donors (Lipinski definition) is 2. The minimum absolute atomic E-state index is 0.166. The van der Waals surface area contributed by atoms with Crippen LogP contribution < -0.4 is 10.6 Å². The van der Waals surface area contributed by atoms with E-state index in [2.05, 4.69) is 26.6 Å². The summed E-state index contributed by atoms with van der Waals surface area (Å²) in [5.74, 6) is -0.522. The van der Waals surface area contributed by atoms with Crippen LogP contribution in [0, 0.1) is 5.82 Å². The first-order chi connectivity index (χ1) is 7.66. The van der Waals surface area contributed by atoms with E-state index in [0.29, 0.717) is 10.0 Å². The SMILES string of the molecule is O=C(N[C@@H]1CCNC1)c1ccc(F)cc1Br. The molecule has 16 heavy (non-hydrogen) atoms. The third-order valence-corrected chi connectivity index (χ3v) is 3.23. The van der Waals surface area contributed by atoms with Crippen LogP contribution in [0.15, 0.2) is 22.7 Å². The van der Waals surface area contributed by atoms with Gasteiger partial charge in [-0.1, -0.05) is 0 Å². The van der Waals surface area contributed by atoms with Crippen molar-refractivity contribution >= 4 is 21.8 Å². The zero-order valence-corrected chi connectivity index (χ0v) is 10.2. The summed E-state index contributed by atoms with van der Waals surface area (Å²) in [6.07, 6.45) is 0.935. The summed E-state index contributed by atoms with van der Waals surface area (Å²) < 4.78 is 13.3. The van der Waals surface area contributed by atoms with Gasteiger partial charge in [0.15, 0.2) is 0 Å². The van der Waals surface area contributed by atoms with Gasteiger partial charge in [-0.25, -0.2) is 4.39 Å². The summed E-state index contributed by atoms with van der Waals surface area (Å²) in [7, 11) is 0. The molecule has 0 bridgehead atoms. The fraction of sp³-hybridized carbons (Fsp3) is 0.364. The lowest BCUT2D eigenvalue weighted by molar-refractivity contribution is 0.0939. The quantitative estimate of drug-likeness (QED) is 0.869. The molecule has 1 aromatic rings. The molecule has 0 unspecified atom stereocenters. The van der Waals surface area contributed by atoms with Crippen molar-refractivity contribution in [3.63, 3.8) is 0 Å². The lowest BCUT2D eigenvalue weighted by atomic mass is 10.2. The van der Waals surface area contributed by atoms with Gasteiger partial charge in [0.1, 0.15) is 5.82 Å². The molecule has 86 valence electrons. The fourth-order valence-electron chi connectivity index (χ4n) is 1.71. The van der Waals surface area contributed by atoms with Crippen LogP contribution in [0.5, 0.6) is 0 Å². The molecule has 1 atom stereocenters. The summed E-state index contributed by atoms with van der Waals surface area (Å²) in [4.78, 5) is 11.8. The Hall–Kier alpha value is -0.940. The van der Waals surface area contributed by atoms with Gasteiger partial charge in [0.05, 0.1) is 5.56 Å². The third kappa shape index (κ3) is 2.59. The molecule has 0 aromatic heterocycles. The van der Waals surface area contributed by atoms with Gasteiger partial charge in [-0.15, -0.1) is 0 Å². The Morgan fingerprint density at radius 3 is 3.00 bits per heavy atom. The summed E-state index contributed by atoms with van der Waals surface area (Å²) in [6, 6.07) is 4.23. The number of nitrogens with one attached hydrogen (secondary N) is 2.